The molecule has 1 heterocycles. The molecule has 1 fully saturated rings. The molecular formula is C7H13F2NO. The summed E-state index contributed by atoms with van der Waals surface area (Å²) in [5, 5.41) is 0. The molecule has 0 bridgehead atoms. The van der Waals surface area contributed by atoms with E-state index in [9.17, 15) is 8.78 Å². The Labute approximate surface area is 65.1 Å². The van der Waals surface area contributed by atoms with Gasteiger partial charge in [-0.2, -0.15) is 0 Å². The topological polar surface area (TPSA) is 12.5 Å². The van der Waals surface area contributed by atoms with Gasteiger partial charge in [0.2, 0.25) is 0 Å². The second-order valence-electron chi connectivity index (χ2n) is 2.81. The maximum atomic E-state index is 11.9. The fourth-order valence-corrected chi connectivity index (χ4v) is 1.21. The fourth-order valence-electron chi connectivity index (χ4n) is 1.21. The molecule has 0 aliphatic carbocycles. The minimum absolute atomic E-state index is 0.121. The smallest absolute Gasteiger partial charge is 0.251 e. The molecule has 11 heavy (non-hydrogen) atoms. The Balaban J connectivity index is 2.29. The lowest BCUT2D eigenvalue weighted by Gasteiger charge is -2.32. The van der Waals surface area contributed by atoms with E-state index in [4.69, 9.17) is 4.74 Å². The molecule has 1 rings (SSSR count). The van der Waals surface area contributed by atoms with Crippen molar-refractivity contribution in [3.05, 3.63) is 0 Å². The third-order valence-corrected chi connectivity index (χ3v) is 1.88. The largest absolute Gasteiger partial charge is 0.379 e. The van der Waals surface area contributed by atoms with Gasteiger partial charge in [-0.15, -0.1) is 0 Å². The standard InChI is InChI=1S/C7H13F2NO/c1-6-5-11-3-2-10(6)4-7(8)9/h6-7H,2-5H2,1H3. The van der Waals surface area contributed by atoms with E-state index in [0.717, 1.165) is 0 Å². The Morgan fingerprint density at radius 1 is 1.64 bits per heavy atom. The molecule has 0 radical (unpaired) electrons. The zero-order chi connectivity index (χ0) is 8.27. The maximum absolute atomic E-state index is 11.9. The molecule has 0 spiro atoms. The molecule has 0 N–H and O–H groups in total. The van der Waals surface area contributed by atoms with E-state index in [-0.39, 0.29) is 12.6 Å². The van der Waals surface area contributed by atoms with Crippen LogP contribution in [0.15, 0.2) is 0 Å². The molecule has 0 aromatic rings. The molecule has 4 heteroatoms. The molecule has 1 saturated heterocycles. The van der Waals surface area contributed by atoms with Crippen LogP contribution in [0.5, 0.6) is 0 Å². The number of halogens is 2. The van der Waals surface area contributed by atoms with Crippen LogP contribution in [0.4, 0.5) is 8.78 Å². The molecule has 0 saturated carbocycles. The Kier molecular flexibility index (Phi) is 3.20. The molecule has 66 valence electrons. The maximum Gasteiger partial charge on any atom is 0.251 e. The number of morpholine rings is 1. The van der Waals surface area contributed by atoms with Gasteiger partial charge < -0.3 is 4.74 Å². The number of ether oxygens (including phenoxy) is 1. The summed E-state index contributed by atoms with van der Waals surface area (Å²) in [4.78, 5) is 1.76. The van der Waals surface area contributed by atoms with Crippen LogP contribution in [0.25, 0.3) is 0 Å². The molecule has 0 amide bonds. The van der Waals surface area contributed by atoms with Gasteiger partial charge in [-0.3, -0.25) is 4.90 Å². The minimum atomic E-state index is -2.23. The van der Waals surface area contributed by atoms with Crippen LogP contribution in [0.1, 0.15) is 6.92 Å². The van der Waals surface area contributed by atoms with E-state index in [1.54, 1.807) is 4.90 Å². The minimum Gasteiger partial charge on any atom is -0.379 e. The fraction of sp³-hybridized carbons (Fsp3) is 1.00. The molecule has 2 nitrogen and oxygen atoms in total. The van der Waals surface area contributed by atoms with Gasteiger partial charge in [0, 0.05) is 12.6 Å². The Bertz CT molecular complexity index is 121. The van der Waals surface area contributed by atoms with E-state index in [2.05, 4.69) is 0 Å². The third kappa shape index (κ3) is 2.71. The van der Waals surface area contributed by atoms with Crippen LogP contribution in [-0.4, -0.2) is 43.7 Å². The highest BCUT2D eigenvalue weighted by Crippen LogP contribution is 2.08. The predicted octanol–water partition coefficient (Wildman–Crippen LogP) is 0.972. The molecule has 1 unspecified atom stereocenters. The second kappa shape index (κ2) is 3.97. The van der Waals surface area contributed by atoms with Crippen LogP contribution in [0.3, 0.4) is 0 Å². The van der Waals surface area contributed by atoms with E-state index >= 15 is 0 Å². The van der Waals surface area contributed by atoms with Gasteiger partial charge >= 0.3 is 0 Å². The zero-order valence-corrected chi connectivity index (χ0v) is 6.59. The van der Waals surface area contributed by atoms with Gasteiger partial charge in [-0.25, -0.2) is 8.78 Å². The van der Waals surface area contributed by atoms with Gasteiger partial charge in [0.15, 0.2) is 0 Å². The van der Waals surface area contributed by atoms with Crippen LogP contribution < -0.4 is 0 Å². The lowest BCUT2D eigenvalue weighted by Crippen LogP contribution is -2.45. The van der Waals surface area contributed by atoms with Crippen molar-refractivity contribution in [1.82, 2.24) is 4.90 Å². The van der Waals surface area contributed by atoms with E-state index in [0.29, 0.717) is 19.8 Å². The summed E-state index contributed by atoms with van der Waals surface area (Å²) in [7, 11) is 0. The van der Waals surface area contributed by atoms with Crippen molar-refractivity contribution in [2.24, 2.45) is 0 Å². The van der Waals surface area contributed by atoms with Crippen LogP contribution >= 0.6 is 0 Å². The first-order valence-corrected chi connectivity index (χ1v) is 3.80. The molecule has 0 aromatic carbocycles. The third-order valence-electron chi connectivity index (χ3n) is 1.88. The summed E-state index contributed by atoms with van der Waals surface area (Å²) < 4.78 is 28.9. The van der Waals surface area contributed by atoms with E-state index in [1.165, 1.54) is 0 Å². The van der Waals surface area contributed by atoms with Gasteiger partial charge in [0.25, 0.3) is 6.43 Å². The molecule has 1 aliphatic heterocycles. The number of nitrogens with zero attached hydrogens (tertiary/aromatic N) is 1. The summed E-state index contributed by atoms with van der Waals surface area (Å²) in [6.45, 7) is 3.57. The van der Waals surface area contributed by atoms with Crippen molar-refractivity contribution < 1.29 is 13.5 Å². The molecule has 1 aliphatic rings. The predicted molar refractivity (Wildman–Crippen MR) is 37.9 cm³/mol. The van der Waals surface area contributed by atoms with Gasteiger partial charge in [-0.1, -0.05) is 0 Å². The molecular weight excluding hydrogens is 152 g/mol. The van der Waals surface area contributed by atoms with Gasteiger partial charge in [-0.05, 0) is 6.92 Å². The number of hydrogen-bond donors (Lipinski definition) is 0. The molecule has 1 atom stereocenters. The lowest BCUT2D eigenvalue weighted by atomic mass is 10.2. The summed E-state index contributed by atoms with van der Waals surface area (Å²) in [6, 6.07) is 0.137. The summed E-state index contributed by atoms with van der Waals surface area (Å²) in [5.74, 6) is 0. The highest BCUT2D eigenvalue weighted by atomic mass is 19.3. The quantitative estimate of drug-likeness (QED) is 0.604. The summed E-state index contributed by atoms with van der Waals surface area (Å²) in [5.41, 5.74) is 0. The van der Waals surface area contributed by atoms with Crippen molar-refractivity contribution in [3.8, 4) is 0 Å². The van der Waals surface area contributed by atoms with Crippen molar-refractivity contribution in [2.75, 3.05) is 26.3 Å². The SMILES string of the molecule is CC1COCCN1CC(F)F. The first-order valence-electron chi connectivity index (χ1n) is 3.80. The monoisotopic (exact) mass is 165 g/mol. The first-order chi connectivity index (χ1) is 5.20. The highest BCUT2D eigenvalue weighted by molar-refractivity contribution is 4.71. The van der Waals surface area contributed by atoms with Crippen molar-refractivity contribution in [3.63, 3.8) is 0 Å². The Morgan fingerprint density at radius 2 is 2.36 bits per heavy atom. The lowest BCUT2D eigenvalue weighted by molar-refractivity contribution is -0.0262. The average Bonchev–Trinajstić information content (AvgIpc) is 1.93. The van der Waals surface area contributed by atoms with Gasteiger partial charge in [0.1, 0.15) is 0 Å². The molecule has 0 aromatic heterocycles. The van der Waals surface area contributed by atoms with E-state index in [1.807, 2.05) is 6.92 Å². The number of rotatable bonds is 2. The van der Waals surface area contributed by atoms with Crippen LogP contribution in [0, 0.1) is 0 Å². The van der Waals surface area contributed by atoms with Crippen LogP contribution in [-0.2, 0) is 4.74 Å². The second-order valence-corrected chi connectivity index (χ2v) is 2.81. The van der Waals surface area contributed by atoms with E-state index < -0.39 is 6.43 Å². The Hall–Kier alpha value is -0.220. The summed E-state index contributed by atoms with van der Waals surface area (Å²) >= 11 is 0. The highest BCUT2D eigenvalue weighted by Gasteiger charge is 2.21. The van der Waals surface area contributed by atoms with Crippen molar-refractivity contribution in [2.45, 2.75) is 19.4 Å². The average molecular weight is 165 g/mol. The Morgan fingerprint density at radius 3 is 2.91 bits per heavy atom. The van der Waals surface area contributed by atoms with Crippen molar-refractivity contribution in [1.29, 1.82) is 0 Å². The first kappa shape index (κ1) is 8.87. The van der Waals surface area contributed by atoms with Crippen LogP contribution in [0.2, 0.25) is 0 Å². The van der Waals surface area contributed by atoms with Crippen molar-refractivity contribution >= 4 is 0 Å². The number of hydrogen-bond acceptors (Lipinski definition) is 2. The summed E-state index contributed by atoms with van der Waals surface area (Å²) in [6.07, 6.45) is -2.23. The number of alkyl halides is 2. The van der Waals surface area contributed by atoms with Gasteiger partial charge in [0.05, 0.1) is 19.8 Å². The zero-order valence-electron chi connectivity index (χ0n) is 6.59. The normalized spacial score (nSPS) is 27.8.